The van der Waals surface area contributed by atoms with E-state index in [4.69, 9.17) is 9.47 Å². The quantitative estimate of drug-likeness (QED) is 0.867. The van der Waals surface area contributed by atoms with Crippen LogP contribution in [0.2, 0.25) is 0 Å². The Morgan fingerprint density at radius 2 is 2.37 bits per heavy atom. The zero-order chi connectivity index (χ0) is 13.2. The summed E-state index contributed by atoms with van der Waals surface area (Å²) in [5, 5.41) is 0. The van der Waals surface area contributed by atoms with E-state index in [1.807, 2.05) is 23.7 Å². The summed E-state index contributed by atoms with van der Waals surface area (Å²) in [5.74, 6) is 0. The van der Waals surface area contributed by atoms with E-state index in [9.17, 15) is 0 Å². The van der Waals surface area contributed by atoms with E-state index in [1.165, 1.54) is 6.42 Å². The summed E-state index contributed by atoms with van der Waals surface area (Å²) >= 11 is 3.52. The molecule has 3 rings (SSSR count). The fourth-order valence-electron chi connectivity index (χ4n) is 2.38. The van der Waals surface area contributed by atoms with Gasteiger partial charge in [-0.05, 0) is 48.2 Å². The molecule has 0 aliphatic carbocycles. The molecule has 102 valence electrons. The topological polar surface area (TPSA) is 35.8 Å². The van der Waals surface area contributed by atoms with Crippen LogP contribution in [0.3, 0.4) is 0 Å². The van der Waals surface area contributed by atoms with E-state index in [0.29, 0.717) is 6.61 Å². The number of hydrogen-bond donors (Lipinski definition) is 0. The number of rotatable bonds is 3. The number of imidazole rings is 1. The average molecular weight is 325 g/mol. The van der Waals surface area contributed by atoms with Crippen LogP contribution in [0.25, 0.3) is 5.65 Å². The Kier molecular flexibility index (Phi) is 3.86. The highest BCUT2D eigenvalue weighted by Gasteiger charge is 2.15. The van der Waals surface area contributed by atoms with Crippen molar-refractivity contribution in [2.45, 2.75) is 39.1 Å². The van der Waals surface area contributed by atoms with Crippen LogP contribution in [0, 0.1) is 6.92 Å². The molecule has 2 aromatic rings. The van der Waals surface area contributed by atoms with Gasteiger partial charge in [0.2, 0.25) is 0 Å². The van der Waals surface area contributed by atoms with Crippen molar-refractivity contribution in [1.82, 2.24) is 9.38 Å². The van der Waals surface area contributed by atoms with Crippen LogP contribution in [-0.4, -0.2) is 22.3 Å². The highest BCUT2D eigenvalue weighted by atomic mass is 79.9. The van der Waals surface area contributed by atoms with Crippen LogP contribution >= 0.6 is 15.9 Å². The van der Waals surface area contributed by atoms with E-state index in [2.05, 4.69) is 27.0 Å². The van der Waals surface area contributed by atoms with Crippen LogP contribution in [0.1, 0.15) is 30.5 Å². The maximum absolute atomic E-state index is 5.84. The van der Waals surface area contributed by atoms with Gasteiger partial charge in [0.15, 0.2) is 6.29 Å². The summed E-state index contributed by atoms with van der Waals surface area (Å²) in [4.78, 5) is 4.54. The molecular formula is C14H17BrN2O2. The normalized spacial score (nSPS) is 20.0. The van der Waals surface area contributed by atoms with Gasteiger partial charge in [0.05, 0.1) is 12.3 Å². The molecule has 0 aromatic carbocycles. The molecule has 1 aliphatic rings. The molecular weight excluding hydrogens is 308 g/mol. The Morgan fingerprint density at radius 1 is 1.47 bits per heavy atom. The number of fused-ring (bicyclic) bond motifs is 1. The summed E-state index contributed by atoms with van der Waals surface area (Å²) in [5.41, 5.74) is 3.04. The molecule has 2 aromatic heterocycles. The number of ether oxygens (including phenoxy) is 2. The summed E-state index contributed by atoms with van der Waals surface area (Å²) in [6.07, 6.45) is 7.26. The minimum Gasteiger partial charge on any atom is -0.353 e. The summed E-state index contributed by atoms with van der Waals surface area (Å²) in [6, 6.07) is 2.06. The molecule has 3 heterocycles. The highest BCUT2D eigenvalue weighted by Crippen LogP contribution is 2.21. The zero-order valence-corrected chi connectivity index (χ0v) is 12.5. The van der Waals surface area contributed by atoms with E-state index < -0.39 is 0 Å². The third-order valence-corrected chi connectivity index (χ3v) is 3.71. The van der Waals surface area contributed by atoms with Crippen molar-refractivity contribution in [3.05, 3.63) is 34.2 Å². The van der Waals surface area contributed by atoms with Gasteiger partial charge in [-0.1, -0.05) is 0 Å². The van der Waals surface area contributed by atoms with Crippen LogP contribution in [-0.2, 0) is 16.1 Å². The second-order valence-corrected chi connectivity index (χ2v) is 5.82. The Labute approximate surface area is 120 Å². The van der Waals surface area contributed by atoms with Crippen LogP contribution in [0.5, 0.6) is 0 Å². The number of aryl methyl sites for hydroxylation is 1. The molecule has 0 radical (unpaired) electrons. The second kappa shape index (κ2) is 5.61. The van der Waals surface area contributed by atoms with Crippen molar-refractivity contribution >= 4 is 21.6 Å². The first kappa shape index (κ1) is 13.1. The molecule has 0 saturated carbocycles. The van der Waals surface area contributed by atoms with E-state index in [-0.39, 0.29) is 6.29 Å². The Hall–Kier alpha value is -0.910. The maximum atomic E-state index is 5.84. The Morgan fingerprint density at radius 3 is 3.16 bits per heavy atom. The van der Waals surface area contributed by atoms with Crippen LogP contribution in [0.15, 0.2) is 22.9 Å². The van der Waals surface area contributed by atoms with Crippen molar-refractivity contribution < 1.29 is 9.47 Å². The lowest BCUT2D eigenvalue weighted by Crippen LogP contribution is -2.22. The van der Waals surface area contributed by atoms with Crippen molar-refractivity contribution in [3.8, 4) is 0 Å². The number of aromatic nitrogens is 2. The molecule has 19 heavy (non-hydrogen) atoms. The second-order valence-electron chi connectivity index (χ2n) is 4.90. The molecule has 1 aliphatic heterocycles. The standard InChI is InChI=1S/C14H17BrN2O2/c1-10-7-17-8-12(15)6-11(14(17)16-10)9-19-13-4-2-3-5-18-13/h6-8,13H,2-5,9H2,1H3. The molecule has 1 unspecified atom stereocenters. The minimum absolute atomic E-state index is 0.0659. The lowest BCUT2D eigenvalue weighted by molar-refractivity contribution is -0.168. The van der Waals surface area contributed by atoms with Gasteiger partial charge in [0, 0.05) is 29.0 Å². The van der Waals surface area contributed by atoms with Gasteiger partial charge in [0.1, 0.15) is 5.65 Å². The first-order chi connectivity index (χ1) is 9.22. The van der Waals surface area contributed by atoms with E-state index in [1.54, 1.807) is 0 Å². The van der Waals surface area contributed by atoms with Crippen molar-refractivity contribution in [2.75, 3.05) is 6.61 Å². The molecule has 4 nitrogen and oxygen atoms in total. The first-order valence-corrected chi connectivity index (χ1v) is 7.38. The fraction of sp³-hybridized carbons (Fsp3) is 0.500. The molecule has 1 fully saturated rings. The van der Waals surface area contributed by atoms with Crippen molar-refractivity contribution in [2.24, 2.45) is 0 Å². The van der Waals surface area contributed by atoms with Gasteiger partial charge >= 0.3 is 0 Å². The van der Waals surface area contributed by atoms with Gasteiger partial charge in [-0.15, -0.1) is 0 Å². The average Bonchev–Trinajstić information content (AvgIpc) is 2.77. The van der Waals surface area contributed by atoms with Gasteiger partial charge < -0.3 is 13.9 Å². The molecule has 5 heteroatoms. The number of nitrogens with zero attached hydrogens (tertiary/aromatic N) is 2. The van der Waals surface area contributed by atoms with E-state index >= 15 is 0 Å². The summed E-state index contributed by atoms with van der Waals surface area (Å²) in [7, 11) is 0. The number of pyridine rings is 1. The van der Waals surface area contributed by atoms with Crippen LogP contribution < -0.4 is 0 Å². The maximum Gasteiger partial charge on any atom is 0.158 e. The zero-order valence-electron chi connectivity index (χ0n) is 10.9. The fourth-order valence-corrected chi connectivity index (χ4v) is 2.88. The van der Waals surface area contributed by atoms with E-state index in [0.717, 1.165) is 40.8 Å². The lowest BCUT2D eigenvalue weighted by Gasteiger charge is -2.22. The minimum atomic E-state index is -0.0659. The SMILES string of the molecule is Cc1cn2cc(Br)cc(COC3CCCCO3)c2n1. The highest BCUT2D eigenvalue weighted by molar-refractivity contribution is 9.10. The predicted octanol–water partition coefficient (Wildman–Crippen LogP) is 3.45. The molecule has 0 spiro atoms. The van der Waals surface area contributed by atoms with Gasteiger partial charge in [-0.2, -0.15) is 0 Å². The van der Waals surface area contributed by atoms with Crippen molar-refractivity contribution in [3.63, 3.8) is 0 Å². The largest absolute Gasteiger partial charge is 0.353 e. The molecule has 0 N–H and O–H groups in total. The smallest absolute Gasteiger partial charge is 0.158 e. The molecule has 1 saturated heterocycles. The third kappa shape index (κ3) is 2.99. The molecule has 0 bridgehead atoms. The number of hydrogen-bond acceptors (Lipinski definition) is 3. The van der Waals surface area contributed by atoms with Gasteiger partial charge in [0.25, 0.3) is 0 Å². The Balaban J connectivity index is 1.79. The van der Waals surface area contributed by atoms with Crippen LogP contribution in [0.4, 0.5) is 0 Å². The number of halogens is 1. The molecule has 1 atom stereocenters. The molecule has 0 amide bonds. The summed E-state index contributed by atoms with van der Waals surface area (Å²) in [6.45, 7) is 3.33. The van der Waals surface area contributed by atoms with Gasteiger partial charge in [-0.3, -0.25) is 0 Å². The van der Waals surface area contributed by atoms with Gasteiger partial charge in [-0.25, -0.2) is 4.98 Å². The first-order valence-electron chi connectivity index (χ1n) is 6.59. The van der Waals surface area contributed by atoms with Crippen molar-refractivity contribution in [1.29, 1.82) is 0 Å². The monoisotopic (exact) mass is 324 g/mol. The lowest BCUT2D eigenvalue weighted by atomic mass is 10.2. The summed E-state index contributed by atoms with van der Waals surface area (Å²) < 4.78 is 14.5. The Bertz CT molecular complexity index is 576. The predicted molar refractivity (Wildman–Crippen MR) is 76.0 cm³/mol. The third-order valence-electron chi connectivity index (χ3n) is 3.28.